The number of unbranched alkanes of at least 4 members (excludes halogenated alkanes) is 4. The molecule has 1 amide bonds. The lowest BCUT2D eigenvalue weighted by Gasteiger charge is -2.33. The molecule has 35 heavy (non-hydrogen) atoms. The molecule has 2 aliphatic heterocycles. The smallest absolute Gasteiger partial charge is 0.342 e. The van der Waals surface area contributed by atoms with Crippen LogP contribution in [0.4, 0.5) is 17.6 Å². The van der Waals surface area contributed by atoms with Crippen molar-refractivity contribution in [1.29, 1.82) is 0 Å². The predicted octanol–water partition coefficient (Wildman–Crippen LogP) is 4.78. The van der Waals surface area contributed by atoms with Gasteiger partial charge in [-0.05, 0) is 44.5 Å². The molecule has 0 aromatic rings. The molecule has 2 heterocycles. The molecule has 10 heteroatoms. The summed E-state index contributed by atoms with van der Waals surface area (Å²) < 4.78 is 66.8. The molecule has 1 aliphatic carbocycles. The van der Waals surface area contributed by atoms with E-state index in [0.717, 1.165) is 82.7 Å². The second kappa shape index (κ2) is 12.1. The van der Waals surface area contributed by atoms with Crippen LogP contribution < -0.4 is 5.32 Å². The zero-order valence-corrected chi connectivity index (χ0v) is 20.0. The Kier molecular flexibility index (Phi) is 9.40. The Labute approximate surface area is 203 Å². The first-order valence-corrected chi connectivity index (χ1v) is 12.2. The normalized spacial score (nSPS) is 22.9. The molecule has 2 N–H and O–H groups in total. The number of allylic oxidation sites excluding steroid dienone is 4. The largest absolute Gasteiger partial charge is 0.465 e. The van der Waals surface area contributed by atoms with Crippen LogP contribution in [0.3, 0.4) is 0 Å². The maximum absolute atomic E-state index is 14.4. The van der Waals surface area contributed by atoms with Crippen molar-refractivity contribution < 1.29 is 36.9 Å². The Bertz CT molecular complexity index is 864. The van der Waals surface area contributed by atoms with Gasteiger partial charge < -0.3 is 24.8 Å². The molecule has 6 nitrogen and oxygen atoms in total. The van der Waals surface area contributed by atoms with Gasteiger partial charge >= 0.3 is 11.8 Å². The quantitative estimate of drug-likeness (QED) is 0.297. The monoisotopic (exact) mass is 502 g/mol. The maximum atomic E-state index is 14.4. The second-order valence-corrected chi connectivity index (χ2v) is 9.17. The minimum Gasteiger partial charge on any atom is -0.465 e. The van der Waals surface area contributed by atoms with Gasteiger partial charge in [0.05, 0.1) is 11.6 Å². The predicted molar refractivity (Wildman–Crippen MR) is 122 cm³/mol. The van der Waals surface area contributed by atoms with Crippen LogP contribution in [-0.2, 0) is 14.3 Å². The number of likely N-dealkylation sites (tertiary alicyclic amines) is 1. The van der Waals surface area contributed by atoms with Crippen LogP contribution in [0.25, 0.3) is 0 Å². The van der Waals surface area contributed by atoms with E-state index in [4.69, 9.17) is 9.47 Å². The van der Waals surface area contributed by atoms with Gasteiger partial charge in [-0.2, -0.15) is 17.6 Å². The fourth-order valence-electron chi connectivity index (χ4n) is 4.31. The highest BCUT2D eigenvalue weighted by molar-refractivity contribution is 5.76. The second-order valence-electron chi connectivity index (χ2n) is 9.17. The molecule has 3 rings (SSSR count). The van der Waals surface area contributed by atoms with E-state index >= 15 is 0 Å². The summed E-state index contributed by atoms with van der Waals surface area (Å²) in [4.78, 5) is 14.7. The third-order valence-corrected chi connectivity index (χ3v) is 6.36. The SMILES string of the molecule is CCCCCCCC(=O)N[C@H](CN1CCCC1)[C@@H](O)C1=COC=C(C2=CC=CC(F)(F)C2(F)F)O1. The number of nitrogens with one attached hydrogen (secondary N) is 1. The van der Waals surface area contributed by atoms with Crippen molar-refractivity contribution in [2.24, 2.45) is 0 Å². The van der Waals surface area contributed by atoms with Crippen LogP contribution in [0.1, 0.15) is 58.3 Å². The number of aliphatic hydroxyl groups excluding tert-OH is 1. The number of aliphatic hydroxyl groups is 1. The van der Waals surface area contributed by atoms with E-state index in [1.54, 1.807) is 0 Å². The summed E-state index contributed by atoms with van der Waals surface area (Å²) in [5, 5.41) is 13.9. The summed E-state index contributed by atoms with van der Waals surface area (Å²) in [5.74, 6) is -10.0. The molecule has 0 aromatic heterocycles. The lowest BCUT2D eigenvalue weighted by atomic mass is 9.95. The topological polar surface area (TPSA) is 71.0 Å². The van der Waals surface area contributed by atoms with Gasteiger partial charge in [0, 0.05) is 13.0 Å². The minimum atomic E-state index is -4.52. The Morgan fingerprint density at radius 2 is 1.86 bits per heavy atom. The first-order valence-electron chi connectivity index (χ1n) is 12.2. The van der Waals surface area contributed by atoms with E-state index in [1.165, 1.54) is 0 Å². The van der Waals surface area contributed by atoms with Crippen LogP contribution in [0.5, 0.6) is 0 Å². The number of hydrogen-bond acceptors (Lipinski definition) is 5. The number of amides is 1. The summed E-state index contributed by atoms with van der Waals surface area (Å²) in [6.45, 7) is 4.04. The standard InChI is InChI=1S/C25H34F4N2O4/c1-2-3-4-5-6-11-22(32)30-19(15-31-13-7-8-14-31)23(33)21-17-34-16-20(35-21)18-10-9-12-24(26,27)25(18,28)29/h9-10,12,16-17,19,23,33H,2-8,11,13-15H2,1H3,(H,30,32)/t19-,23-/m1/s1. The zero-order valence-electron chi connectivity index (χ0n) is 20.0. The minimum absolute atomic E-state index is 0.121. The van der Waals surface area contributed by atoms with Gasteiger partial charge in [-0.1, -0.05) is 38.7 Å². The molecule has 0 saturated carbocycles. The van der Waals surface area contributed by atoms with E-state index in [-0.39, 0.29) is 17.7 Å². The van der Waals surface area contributed by atoms with Crippen LogP contribution in [0, 0.1) is 0 Å². The van der Waals surface area contributed by atoms with Crippen molar-refractivity contribution >= 4 is 5.91 Å². The molecular formula is C25H34F4N2O4. The fraction of sp³-hybridized carbons (Fsp3) is 0.640. The molecule has 0 radical (unpaired) electrons. The van der Waals surface area contributed by atoms with Gasteiger partial charge in [-0.3, -0.25) is 4.79 Å². The van der Waals surface area contributed by atoms with E-state index in [1.807, 2.05) is 0 Å². The molecule has 0 bridgehead atoms. The summed E-state index contributed by atoms with van der Waals surface area (Å²) in [7, 11) is 0. The molecule has 0 spiro atoms. The number of nitrogens with zero attached hydrogens (tertiary/aromatic N) is 1. The van der Waals surface area contributed by atoms with E-state index < -0.39 is 35.3 Å². The van der Waals surface area contributed by atoms with Gasteiger partial charge in [-0.15, -0.1) is 0 Å². The molecule has 3 aliphatic rings. The summed E-state index contributed by atoms with van der Waals surface area (Å²) in [6.07, 6.45) is 9.34. The third-order valence-electron chi connectivity index (χ3n) is 6.36. The van der Waals surface area contributed by atoms with Crippen molar-refractivity contribution in [3.63, 3.8) is 0 Å². The van der Waals surface area contributed by atoms with Gasteiger partial charge in [0.15, 0.2) is 11.5 Å². The average molecular weight is 503 g/mol. The number of carbonyl (C=O) groups is 1. The Hall–Kier alpha value is -2.33. The number of halogens is 4. The van der Waals surface area contributed by atoms with Crippen LogP contribution in [-0.4, -0.2) is 59.5 Å². The number of hydrogen-bond donors (Lipinski definition) is 2. The van der Waals surface area contributed by atoms with Crippen LogP contribution >= 0.6 is 0 Å². The van der Waals surface area contributed by atoms with Gasteiger partial charge in [0.2, 0.25) is 5.91 Å². The number of alkyl halides is 4. The fourth-order valence-corrected chi connectivity index (χ4v) is 4.31. The number of carbonyl (C=O) groups excluding carboxylic acids is 1. The molecule has 2 atom stereocenters. The highest BCUT2D eigenvalue weighted by Gasteiger charge is 2.59. The van der Waals surface area contributed by atoms with Crippen molar-refractivity contribution in [2.75, 3.05) is 19.6 Å². The lowest BCUT2D eigenvalue weighted by Crippen LogP contribution is -2.51. The Morgan fingerprint density at radius 1 is 1.14 bits per heavy atom. The van der Waals surface area contributed by atoms with Crippen molar-refractivity contribution in [1.82, 2.24) is 10.2 Å². The van der Waals surface area contributed by atoms with E-state index in [9.17, 15) is 27.5 Å². The van der Waals surface area contributed by atoms with Gasteiger partial charge in [-0.25, -0.2) is 0 Å². The van der Waals surface area contributed by atoms with Crippen LogP contribution in [0.2, 0.25) is 0 Å². The third kappa shape index (κ3) is 6.88. The Morgan fingerprint density at radius 3 is 2.57 bits per heavy atom. The molecule has 1 saturated heterocycles. The summed E-state index contributed by atoms with van der Waals surface area (Å²) >= 11 is 0. The molecule has 1 fully saturated rings. The van der Waals surface area contributed by atoms with E-state index in [2.05, 4.69) is 17.1 Å². The zero-order chi connectivity index (χ0) is 25.5. The number of ether oxygens (including phenoxy) is 2. The molecule has 0 aromatic carbocycles. The highest BCUT2D eigenvalue weighted by atomic mass is 19.3. The number of rotatable bonds is 12. The molecule has 196 valence electrons. The Balaban J connectivity index is 1.67. The van der Waals surface area contributed by atoms with Crippen molar-refractivity contribution in [2.45, 2.75) is 82.3 Å². The van der Waals surface area contributed by atoms with Gasteiger partial charge in [0.1, 0.15) is 18.6 Å². The molecular weight excluding hydrogens is 468 g/mol. The van der Waals surface area contributed by atoms with E-state index in [0.29, 0.717) is 13.0 Å². The van der Waals surface area contributed by atoms with Gasteiger partial charge in [0.25, 0.3) is 0 Å². The maximum Gasteiger partial charge on any atom is 0.342 e. The first kappa shape index (κ1) is 27.3. The molecule has 0 unspecified atom stereocenters. The summed E-state index contributed by atoms with van der Waals surface area (Å²) in [6, 6.07) is -0.798. The lowest BCUT2D eigenvalue weighted by molar-refractivity contribution is -0.156. The van der Waals surface area contributed by atoms with Crippen molar-refractivity contribution in [3.05, 3.63) is 47.8 Å². The summed E-state index contributed by atoms with van der Waals surface area (Å²) in [5.41, 5.74) is -1.06. The first-order chi connectivity index (χ1) is 16.7. The van der Waals surface area contributed by atoms with Crippen LogP contribution in [0.15, 0.2) is 47.8 Å². The average Bonchev–Trinajstić information content (AvgIpc) is 3.33. The highest BCUT2D eigenvalue weighted by Crippen LogP contribution is 2.47. The van der Waals surface area contributed by atoms with Crippen molar-refractivity contribution in [3.8, 4) is 0 Å².